The van der Waals surface area contributed by atoms with E-state index in [9.17, 15) is 14.0 Å². The Morgan fingerprint density at radius 2 is 1.89 bits per heavy atom. The summed E-state index contributed by atoms with van der Waals surface area (Å²) in [7, 11) is 1.92. The number of benzene rings is 1. The van der Waals surface area contributed by atoms with Gasteiger partial charge < -0.3 is 14.6 Å². The van der Waals surface area contributed by atoms with Crippen LogP contribution in [0.25, 0.3) is 0 Å². The van der Waals surface area contributed by atoms with Crippen molar-refractivity contribution >= 4 is 17.3 Å². The number of rotatable bonds is 4. The molecule has 2 aromatic rings. The Morgan fingerprint density at radius 1 is 1.19 bits per heavy atom. The summed E-state index contributed by atoms with van der Waals surface area (Å²) in [6.07, 6.45) is 5.75. The van der Waals surface area contributed by atoms with E-state index in [2.05, 4.69) is 5.32 Å². The van der Waals surface area contributed by atoms with Crippen molar-refractivity contribution in [1.29, 1.82) is 0 Å². The SMILES string of the molecule is Cc1cc(=O)oc(C)c1C(=O)Nc1ccc(N(C)C2CCCCC2)c(F)c1. The number of nitrogens with zero attached hydrogens (tertiary/aromatic N) is 1. The molecule has 1 amide bonds. The van der Waals surface area contributed by atoms with Crippen molar-refractivity contribution in [1.82, 2.24) is 0 Å². The molecule has 6 heteroatoms. The van der Waals surface area contributed by atoms with Crippen LogP contribution in [0.5, 0.6) is 0 Å². The molecule has 0 atom stereocenters. The number of carbonyl (C=O) groups is 1. The van der Waals surface area contributed by atoms with E-state index >= 15 is 0 Å². The Labute approximate surface area is 158 Å². The molecular formula is C21H25FN2O3. The van der Waals surface area contributed by atoms with Gasteiger partial charge >= 0.3 is 5.63 Å². The second-order valence-electron chi connectivity index (χ2n) is 7.20. The van der Waals surface area contributed by atoms with Gasteiger partial charge in [-0.3, -0.25) is 4.79 Å². The van der Waals surface area contributed by atoms with Crippen molar-refractivity contribution < 1.29 is 13.6 Å². The first kappa shape index (κ1) is 19.1. The lowest BCUT2D eigenvalue weighted by Crippen LogP contribution is -2.33. The van der Waals surface area contributed by atoms with Crippen LogP contribution in [-0.4, -0.2) is 19.0 Å². The number of carbonyl (C=O) groups excluding carboxylic acids is 1. The number of aryl methyl sites for hydroxylation is 2. The molecule has 1 N–H and O–H groups in total. The topological polar surface area (TPSA) is 62.6 Å². The normalized spacial score (nSPS) is 14.8. The molecule has 3 rings (SSSR count). The van der Waals surface area contributed by atoms with Gasteiger partial charge in [0, 0.05) is 24.8 Å². The van der Waals surface area contributed by atoms with Crippen LogP contribution in [0.15, 0.2) is 33.5 Å². The highest BCUT2D eigenvalue weighted by molar-refractivity contribution is 6.05. The molecule has 0 saturated heterocycles. The van der Waals surface area contributed by atoms with Gasteiger partial charge in [-0.1, -0.05) is 19.3 Å². The lowest BCUT2D eigenvalue weighted by Gasteiger charge is -2.33. The molecule has 1 saturated carbocycles. The van der Waals surface area contributed by atoms with Crippen LogP contribution < -0.4 is 15.8 Å². The first-order chi connectivity index (χ1) is 12.9. The number of nitrogens with one attached hydrogen (secondary N) is 1. The van der Waals surface area contributed by atoms with Gasteiger partial charge in [0.1, 0.15) is 11.6 Å². The second-order valence-corrected chi connectivity index (χ2v) is 7.20. The third-order valence-corrected chi connectivity index (χ3v) is 5.27. The molecule has 1 aromatic heterocycles. The number of amides is 1. The van der Waals surface area contributed by atoms with E-state index in [-0.39, 0.29) is 11.6 Å². The Morgan fingerprint density at radius 3 is 2.52 bits per heavy atom. The standard InChI is InChI=1S/C21H25FN2O3/c1-13-11-19(25)27-14(2)20(13)21(26)23-15-9-10-18(17(22)12-15)24(3)16-7-5-4-6-8-16/h9-12,16H,4-8H2,1-3H3,(H,23,26). The molecule has 144 valence electrons. The van der Waals surface area contributed by atoms with Gasteiger partial charge in [0.2, 0.25) is 0 Å². The minimum absolute atomic E-state index is 0.242. The van der Waals surface area contributed by atoms with Gasteiger partial charge in [0.05, 0.1) is 11.3 Å². The zero-order chi connectivity index (χ0) is 19.6. The monoisotopic (exact) mass is 372 g/mol. The average molecular weight is 372 g/mol. The minimum atomic E-state index is -0.498. The fourth-order valence-corrected chi connectivity index (χ4v) is 3.83. The van der Waals surface area contributed by atoms with E-state index in [4.69, 9.17) is 4.42 Å². The van der Waals surface area contributed by atoms with Crippen molar-refractivity contribution in [2.45, 2.75) is 52.0 Å². The van der Waals surface area contributed by atoms with E-state index in [0.29, 0.717) is 28.5 Å². The summed E-state index contributed by atoms with van der Waals surface area (Å²) < 4.78 is 19.7. The molecule has 0 unspecified atom stereocenters. The Hall–Kier alpha value is -2.63. The summed E-state index contributed by atoms with van der Waals surface area (Å²) in [5.74, 6) is -0.554. The van der Waals surface area contributed by atoms with E-state index in [1.165, 1.54) is 31.4 Å². The molecule has 1 heterocycles. The Balaban J connectivity index is 1.78. The molecule has 0 aliphatic heterocycles. The minimum Gasteiger partial charge on any atom is -0.427 e. The zero-order valence-electron chi connectivity index (χ0n) is 16.0. The predicted octanol–water partition coefficient (Wildman–Crippen LogP) is 4.42. The molecule has 1 aromatic carbocycles. The smallest absolute Gasteiger partial charge is 0.336 e. The Kier molecular flexibility index (Phi) is 5.63. The molecular weight excluding hydrogens is 347 g/mol. The summed E-state index contributed by atoms with van der Waals surface area (Å²) in [6, 6.07) is 6.34. The fourth-order valence-electron chi connectivity index (χ4n) is 3.83. The highest BCUT2D eigenvalue weighted by Crippen LogP contribution is 2.29. The van der Waals surface area contributed by atoms with Crippen molar-refractivity contribution in [3.8, 4) is 0 Å². The first-order valence-corrected chi connectivity index (χ1v) is 9.32. The van der Waals surface area contributed by atoms with Crippen molar-refractivity contribution in [2.75, 3.05) is 17.3 Å². The van der Waals surface area contributed by atoms with Gasteiger partial charge in [0.25, 0.3) is 5.91 Å². The summed E-state index contributed by atoms with van der Waals surface area (Å²) in [5.41, 5.74) is 1.22. The van der Waals surface area contributed by atoms with Gasteiger partial charge in [-0.2, -0.15) is 0 Å². The summed E-state index contributed by atoms with van der Waals surface area (Å²) in [6.45, 7) is 3.23. The lowest BCUT2D eigenvalue weighted by atomic mass is 9.94. The zero-order valence-corrected chi connectivity index (χ0v) is 16.0. The summed E-state index contributed by atoms with van der Waals surface area (Å²) in [5, 5.41) is 2.69. The first-order valence-electron chi connectivity index (χ1n) is 9.32. The van der Waals surface area contributed by atoms with Gasteiger partial charge in [-0.25, -0.2) is 9.18 Å². The molecule has 1 aliphatic carbocycles. The molecule has 27 heavy (non-hydrogen) atoms. The average Bonchev–Trinajstić information content (AvgIpc) is 2.61. The largest absolute Gasteiger partial charge is 0.427 e. The maximum absolute atomic E-state index is 14.7. The van der Waals surface area contributed by atoms with E-state index in [1.54, 1.807) is 26.0 Å². The third-order valence-electron chi connectivity index (χ3n) is 5.27. The van der Waals surface area contributed by atoms with Gasteiger partial charge in [0.15, 0.2) is 0 Å². The van der Waals surface area contributed by atoms with Crippen LogP contribution in [0.2, 0.25) is 0 Å². The fraction of sp³-hybridized carbons (Fsp3) is 0.429. The number of halogens is 1. The van der Waals surface area contributed by atoms with E-state index in [0.717, 1.165) is 12.8 Å². The predicted molar refractivity (Wildman–Crippen MR) is 104 cm³/mol. The van der Waals surface area contributed by atoms with Gasteiger partial charge in [-0.15, -0.1) is 0 Å². The third kappa shape index (κ3) is 4.21. The van der Waals surface area contributed by atoms with Crippen molar-refractivity contribution in [2.24, 2.45) is 0 Å². The molecule has 0 radical (unpaired) electrons. The highest BCUT2D eigenvalue weighted by Gasteiger charge is 2.21. The summed E-state index contributed by atoms with van der Waals surface area (Å²) >= 11 is 0. The van der Waals surface area contributed by atoms with E-state index < -0.39 is 11.5 Å². The van der Waals surface area contributed by atoms with Gasteiger partial charge in [-0.05, 0) is 50.5 Å². The lowest BCUT2D eigenvalue weighted by molar-refractivity contribution is 0.102. The van der Waals surface area contributed by atoms with Crippen LogP contribution in [0.3, 0.4) is 0 Å². The quantitative estimate of drug-likeness (QED) is 0.863. The van der Waals surface area contributed by atoms with E-state index in [1.807, 2.05) is 11.9 Å². The summed E-state index contributed by atoms with van der Waals surface area (Å²) in [4.78, 5) is 25.9. The Bertz CT molecular complexity index is 875. The molecule has 0 spiro atoms. The van der Waals surface area contributed by atoms with Crippen LogP contribution in [0.1, 0.15) is 53.8 Å². The molecule has 1 aliphatic rings. The molecule has 1 fully saturated rings. The van der Waals surface area contributed by atoms with Crippen molar-refractivity contribution in [3.05, 3.63) is 57.4 Å². The van der Waals surface area contributed by atoms with Crippen LogP contribution in [0.4, 0.5) is 15.8 Å². The van der Waals surface area contributed by atoms with Crippen molar-refractivity contribution in [3.63, 3.8) is 0 Å². The van der Waals surface area contributed by atoms with Crippen LogP contribution in [0, 0.1) is 19.7 Å². The van der Waals surface area contributed by atoms with Crippen LogP contribution in [-0.2, 0) is 0 Å². The maximum Gasteiger partial charge on any atom is 0.336 e. The molecule has 5 nitrogen and oxygen atoms in total. The number of anilines is 2. The second kappa shape index (κ2) is 7.94. The number of hydrogen-bond donors (Lipinski definition) is 1. The molecule has 0 bridgehead atoms. The van der Waals surface area contributed by atoms with Crippen LogP contribution >= 0.6 is 0 Å². The number of hydrogen-bond acceptors (Lipinski definition) is 4. The maximum atomic E-state index is 14.7. The highest BCUT2D eigenvalue weighted by atomic mass is 19.1.